The Hall–Kier alpha value is -2.32. The van der Waals surface area contributed by atoms with E-state index in [4.69, 9.17) is 15.2 Å². The lowest BCUT2D eigenvalue weighted by molar-refractivity contribution is -0.142. The SMILES string of the molecule is CCOC(=O)CCSc1cnc(N2CC[C@@]3(C[C@@H]2C)Oc2ccccc2[C@H]3N)cn1. The zero-order chi connectivity index (χ0) is 21.1. The number of thioether (sulfide) groups is 1. The summed E-state index contributed by atoms with van der Waals surface area (Å²) in [6.07, 6.45) is 5.63. The second-order valence-electron chi connectivity index (χ2n) is 7.80. The molecule has 2 aromatic rings. The van der Waals surface area contributed by atoms with Crippen LogP contribution in [-0.4, -0.2) is 46.5 Å². The van der Waals surface area contributed by atoms with Gasteiger partial charge in [0.1, 0.15) is 22.2 Å². The van der Waals surface area contributed by atoms with Gasteiger partial charge in [0, 0.05) is 36.7 Å². The van der Waals surface area contributed by atoms with E-state index in [1.54, 1.807) is 6.20 Å². The topological polar surface area (TPSA) is 90.6 Å². The van der Waals surface area contributed by atoms with Crippen LogP contribution in [0, 0.1) is 0 Å². The van der Waals surface area contributed by atoms with Gasteiger partial charge in [-0.1, -0.05) is 18.2 Å². The van der Waals surface area contributed by atoms with Crippen molar-refractivity contribution in [3.63, 3.8) is 0 Å². The molecule has 1 aromatic heterocycles. The molecule has 0 radical (unpaired) electrons. The highest BCUT2D eigenvalue weighted by Gasteiger charge is 2.50. The predicted octanol–water partition coefficient (Wildman–Crippen LogP) is 3.34. The molecule has 3 atom stereocenters. The first-order valence-electron chi connectivity index (χ1n) is 10.4. The van der Waals surface area contributed by atoms with Crippen LogP contribution in [0.1, 0.15) is 44.7 Å². The number of carbonyl (C=O) groups excluding carboxylic acids is 1. The van der Waals surface area contributed by atoms with Gasteiger partial charge >= 0.3 is 5.97 Å². The Morgan fingerprint density at radius 3 is 2.90 bits per heavy atom. The van der Waals surface area contributed by atoms with Gasteiger partial charge in [0.15, 0.2) is 0 Å². The molecule has 3 heterocycles. The third-order valence-corrected chi connectivity index (χ3v) is 6.77. The monoisotopic (exact) mass is 428 g/mol. The summed E-state index contributed by atoms with van der Waals surface area (Å²) in [5.41, 5.74) is 7.35. The zero-order valence-corrected chi connectivity index (χ0v) is 18.2. The van der Waals surface area contributed by atoms with Gasteiger partial charge < -0.3 is 20.1 Å². The van der Waals surface area contributed by atoms with Crippen LogP contribution in [0.2, 0.25) is 0 Å². The fourth-order valence-electron chi connectivity index (χ4n) is 4.36. The fourth-order valence-corrected chi connectivity index (χ4v) is 5.09. The highest BCUT2D eigenvalue weighted by Crippen LogP contribution is 2.48. The average Bonchev–Trinajstić information content (AvgIpc) is 3.00. The number of nitrogens with zero attached hydrogens (tertiary/aromatic N) is 3. The summed E-state index contributed by atoms with van der Waals surface area (Å²) in [6.45, 7) is 5.22. The van der Waals surface area contributed by atoms with Gasteiger partial charge in [-0.25, -0.2) is 9.97 Å². The van der Waals surface area contributed by atoms with E-state index in [0.29, 0.717) is 18.8 Å². The van der Waals surface area contributed by atoms with Crippen molar-refractivity contribution in [2.45, 2.75) is 55.8 Å². The van der Waals surface area contributed by atoms with E-state index in [-0.39, 0.29) is 23.7 Å². The van der Waals surface area contributed by atoms with Gasteiger partial charge in [-0.3, -0.25) is 4.79 Å². The van der Waals surface area contributed by atoms with Crippen molar-refractivity contribution >= 4 is 23.5 Å². The molecule has 7 nitrogen and oxygen atoms in total. The van der Waals surface area contributed by atoms with Crippen LogP contribution >= 0.6 is 11.8 Å². The number of aromatic nitrogens is 2. The van der Waals surface area contributed by atoms with Crippen LogP contribution in [0.5, 0.6) is 5.75 Å². The van der Waals surface area contributed by atoms with Crippen molar-refractivity contribution in [3.8, 4) is 5.75 Å². The Kier molecular flexibility index (Phi) is 6.15. The number of rotatable bonds is 6. The Morgan fingerprint density at radius 1 is 1.37 bits per heavy atom. The molecule has 0 saturated carbocycles. The number of anilines is 1. The lowest BCUT2D eigenvalue weighted by Gasteiger charge is -2.45. The van der Waals surface area contributed by atoms with Crippen molar-refractivity contribution in [1.82, 2.24) is 9.97 Å². The molecule has 1 fully saturated rings. The lowest BCUT2D eigenvalue weighted by Crippen LogP contribution is -2.55. The summed E-state index contributed by atoms with van der Waals surface area (Å²) in [4.78, 5) is 22.8. The quantitative estimate of drug-likeness (QED) is 0.553. The molecule has 0 unspecified atom stereocenters. The molecule has 30 heavy (non-hydrogen) atoms. The molecule has 160 valence electrons. The normalized spacial score (nSPS) is 25.1. The van der Waals surface area contributed by atoms with E-state index in [1.165, 1.54) is 11.8 Å². The van der Waals surface area contributed by atoms with E-state index >= 15 is 0 Å². The maximum atomic E-state index is 11.4. The molecule has 0 aliphatic carbocycles. The van der Waals surface area contributed by atoms with E-state index in [2.05, 4.69) is 27.9 Å². The first kappa shape index (κ1) is 20.9. The molecular formula is C22H28N4O3S. The molecule has 0 amide bonds. The molecule has 1 aromatic carbocycles. The van der Waals surface area contributed by atoms with Crippen molar-refractivity contribution in [1.29, 1.82) is 0 Å². The van der Waals surface area contributed by atoms with Gasteiger partial charge in [0.2, 0.25) is 0 Å². The van der Waals surface area contributed by atoms with Gasteiger partial charge in [-0.15, -0.1) is 11.8 Å². The number of fused-ring (bicyclic) bond motifs is 1. The highest BCUT2D eigenvalue weighted by molar-refractivity contribution is 7.99. The van der Waals surface area contributed by atoms with Gasteiger partial charge in [-0.2, -0.15) is 0 Å². The Bertz CT molecular complexity index is 894. The first-order valence-corrected chi connectivity index (χ1v) is 11.4. The smallest absolute Gasteiger partial charge is 0.306 e. The Morgan fingerprint density at radius 2 is 2.20 bits per heavy atom. The van der Waals surface area contributed by atoms with Crippen molar-refractivity contribution in [2.24, 2.45) is 5.73 Å². The molecule has 2 aliphatic heterocycles. The predicted molar refractivity (Wildman–Crippen MR) is 117 cm³/mol. The van der Waals surface area contributed by atoms with Gasteiger partial charge in [0.05, 0.1) is 31.5 Å². The molecule has 2 aliphatic rings. The molecule has 1 spiro atoms. The summed E-state index contributed by atoms with van der Waals surface area (Å²) >= 11 is 1.51. The third-order valence-electron chi connectivity index (χ3n) is 5.85. The minimum Gasteiger partial charge on any atom is -0.485 e. The van der Waals surface area contributed by atoms with Gasteiger partial charge in [-0.05, 0) is 19.9 Å². The highest BCUT2D eigenvalue weighted by atomic mass is 32.2. The number of esters is 1. The number of hydrogen-bond donors (Lipinski definition) is 1. The summed E-state index contributed by atoms with van der Waals surface area (Å²) < 4.78 is 11.3. The molecule has 2 N–H and O–H groups in total. The average molecular weight is 429 g/mol. The van der Waals surface area contributed by atoms with E-state index < -0.39 is 0 Å². The Labute approximate surface area is 181 Å². The summed E-state index contributed by atoms with van der Waals surface area (Å²) in [6, 6.07) is 8.20. The number of piperidine rings is 1. The number of carbonyl (C=O) groups is 1. The third kappa shape index (κ3) is 4.11. The summed E-state index contributed by atoms with van der Waals surface area (Å²) in [5.74, 6) is 2.22. The largest absolute Gasteiger partial charge is 0.485 e. The Balaban J connectivity index is 1.36. The summed E-state index contributed by atoms with van der Waals surface area (Å²) in [7, 11) is 0. The van der Waals surface area contributed by atoms with Crippen LogP contribution in [0.15, 0.2) is 41.7 Å². The van der Waals surface area contributed by atoms with E-state index in [9.17, 15) is 4.79 Å². The summed E-state index contributed by atoms with van der Waals surface area (Å²) in [5, 5.41) is 0.806. The second-order valence-corrected chi connectivity index (χ2v) is 8.91. The van der Waals surface area contributed by atoms with Gasteiger partial charge in [0.25, 0.3) is 0 Å². The second kappa shape index (κ2) is 8.81. The molecule has 8 heteroatoms. The van der Waals surface area contributed by atoms with Crippen molar-refractivity contribution in [2.75, 3.05) is 23.8 Å². The number of benzene rings is 1. The minimum absolute atomic E-state index is 0.109. The van der Waals surface area contributed by atoms with Crippen LogP contribution in [0.3, 0.4) is 0 Å². The van der Waals surface area contributed by atoms with Crippen molar-refractivity contribution in [3.05, 3.63) is 42.2 Å². The van der Waals surface area contributed by atoms with Crippen LogP contribution in [0.4, 0.5) is 5.82 Å². The van der Waals surface area contributed by atoms with Crippen molar-refractivity contribution < 1.29 is 14.3 Å². The molecule has 1 saturated heterocycles. The first-order chi connectivity index (χ1) is 14.5. The number of hydrogen-bond acceptors (Lipinski definition) is 8. The van der Waals surface area contributed by atoms with E-state index in [0.717, 1.165) is 41.5 Å². The molecule has 4 rings (SSSR count). The number of ether oxygens (including phenoxy) is 2. The van der Waals surface area contributed by atoms with Crippen LogP contribution < -0.4 is 15.4 Å². The fraction of sp³-hybridized carbons (Fsp3) is 0.500. The number of nitrogens with two attached hydrogens (primary N) is 1. The maximum absolute atomic E-state index is 11.4. The van der Waals surface area contributed by atoms with Crippen LogP contribution in [0.25, 0.3) is 0 Å². The van der Waals surface area contributed by atoms with E-state index in [1.807, 2.05) is 31.3 Å². The number of para-hydroxylation sites is 1. The maximum Gasteiger partial charge on any atom is 0.306 e. The lowest BCUT2D eigenvalue weighted by atomic mass is 9.80. The standard InChI is InChI=1S/C22H28N4O3S/c1-3-28-20(27)8-11-30-19-14-24-18(13-25-19)26-10-9-22(12-15(26)2)21(23)16-6-4-5-7-17(16)29-22/h4-7,13-15,21H,3,8-12,23H2,1-2H3/t15-,21+,22-/m0/s1. The zero-order valence-electron chi connectivity index (χ0n) is 17.4. The minimum atomic E-state index is -0.351. The van der Waals surface area contributed by atoms with Crippen LogP contribution in [-0.2, 0) is 9.53 Å². The molecule has 0 bridgehead atoms. The molecular weight excluding hydrogens is 400 g/mol.